The Hall–Kier alpha value is -2.18. The first kappa shape index (κ1) is 26.9. The number of nitrogens with zero attached hydrogens (tertiary/aromatic N) is 2. The van der Waals surface area contributed by atoms with Crippen molar-refractivity contribution in [2.24, 2.45) is 10.1 Å². The molecule has 0 saturated carbocycles. The van der Waals surface area contributed by atoms with Crippen molar-refractivity contribution in [2.45, 2.75) is 31.8 Å². The van der Waals surface area contributed by atoms with Crippen molar-refractivity contribution in [3.05, 3.63) is 64.7 Å². The number of hydrogen-bond donors (Lipinski definition) is 3. The monoisotopic (exact) mass is 559 g/mol. The molecule has 0 bridgehead atoms. The molecule has 170 valence electrons. The highest BCUT2D eigenvalue weighted by Gasteiger charge is 2.09. The number of hydrogen-bond acceptors (Lipinski definition) is 4. The maximum absolute atomic E-state index is 11.9. The summed E-state index contributed by atoms with van der Waals surface area (Å²) < 4.78 is 22.8. The van der Waals surface area contributed by atoms with E-state index in [1.165, 1.54) is 28.2 Å². The number of carbonyl (C=O) groups is 1. The van der Waals surface area contributed by atoms with E-state index in [-0.39, 0.29) is 41.3 Å². The molecule has 0 unspecified atom stereocenters. The third-order valence-electron chi connectivity index (χ3n) is 4.52. The van der Waals surface area contributed by atoms with Crippen LogP contribution >= 0.6 is 24.0 Å². The zero-order valence-corrected chi connectivity index (χ0v) is 21.3. The van der Waals surface area contributed by atoms with E-state index in [2.05, 4.69) is 40.7 Å². The van der Waals surface area contributed by atoms with E-state index < -0.39 is 10.0 Å². The van der Waals surface area contributed by atoms with Crippen molar-refractivity contribution >= 4 is 45.9 Å². The van der Waals surface area contributed by atoms with E-state index in [1.54, 1.807) is 26.2 Å². The zero-order valence-electron chi connectivity index (χ0n) is 18.2. The third kappa shape index (κ3) is 8.83. The summed E-state index contributed by atoms with van der Waals surface area (Å²) in [4.78, 5) is 18.0. The third-order valence-corrected chi connectivity index (χ3v) is 5.45. The van der Waals surface area contributed by atoms with E-state index in [4.69, 9.17) is 5.14 Å². The van der Waals surface area contributed by atoms with Crippen LogP contribution in [-0.4, -0.2) is 45.8 Å². The zero-order chi connectivity index (χ0) is 22.3. The minimum Gasteiger partial charge on any atom is -0.352 e. The quantitative estimate of drug-likeness (QED) is 0.272. The molecule has 0 saturated heterocycles. The SMILES string of the molecule is Cc1ccc(CNC(=NCc2ccc(S(N)(=O)=O)cc2)NCC(=O)N(C)C)c(C)c1.I. The van der Waals surface area contributed by atoms with Crippen molar-refractivity contribution < 1.29 is 13.2 Å². The Kier molecular flexibility index (Phi) is 10.4. The molecule has 0 heterocycles. The van der Waals surface area contributed by atoms with Crippen LogP contribution in [-0.2, 0) is 27.9 Å². The van der Waals surface area contributed by atoms with Crippen molar-refractivity contribution in [2.75, 3.05) is 20.6 Å². The molecule has 0 aliphatic rings. The minimum absolute atomic E-state index is 0. The van der Waals surface area contributed by atoms with Gasteiger partial charge in [-0.1, -0.05) is 35.9 Å². The second-order valence-electron chi connectivity index (χ2n) is 7.28. The number of likely N-dealkylation sites (N-methyl/N-ethyl adjacent to an activating group) is 1. The van der Waals surface area contributed by atoms with Gasteiger partial charge < -0.3 is 15.5 Å². The van der Waals surface area contributed by atoms with Gasteiger partial charge >= 0.3 is 0 Å². The number of benzene rings is 2. The summed E-state index contributed by atoms with van der Waals surface area (Å²) in [6.07, 6.45) is 0. The summed E-state index contributed by atoms with van der Waals surface area (Å²) in [5.74, 6) is 0.411. The number of primary sulfonamides is 1. The summed E-state index contributed by atoms with van der Waals surface area (Å²) in [6, 6.07) is 12.5. The molecule has 2 aromatic carbocycles. The summed E-state index contributed by atoms with van der Waals surface area (Å²) in [5.41, 5.74) is 4.31. The van der Waals surface area contributed by atoms with Gasteiger partial charge in [0, 0.05) is 20.6 Å². The Labute approximate surface area is 201 Å². The van der Waals surface area contributed by atoms with Crippen molar-refractivity contribution in [1.82, 2.24) is 15.5 Å². The van der Waals surface area contributed by atoms with Crippen molar-refractivity contribution in [3.63, 3.8) is 0 Å². The van der Waals surface area contributed by atoms with Gasteiger partial charge in [0.1, 0.15) is 0 Å². The molecule has 0 spiro atoms. The number of aliphatic imine (C=N–C) groups is 1. The van der Waals surface area contributed by atoms with Crippen LogP contribution in [0.25, 0.3) is 0 Å². The van der Waals surface area contributed by atoms with E-state index >= 15 is 0 Å². The first-order valence-corrected chi connectivity index (χ1v) is 11.0. The fourth-order valence-electron chi connectivity index (χ4n) is 2.67. The van der Waals surface area contributed by atoms with Crippen LogP contribution in [0.1, 0.15) is 22.3 Å². The van der Waals surface area contributed by atoms with E-state index in [9.17, 15) is 13.2 Å². The highest BCUT2D eigenvalue weighted by molar-refractivity contribution is 14.0. The molecule has 1 amide bonds. The lowest BCUT2D eigenvalue weighted by Gasteiger charge is -2.16. The second kappa shape index (κ2) is 12.0. The largest absolute Gasteiger partial charge is 0.352 e. The van der Waals surface area contributed by atoms with Gasteiger partial charge in [0.15, 0.2) is 5.96 Å². The molecule has 0 aliphatic carbocycles. The van der Waals surface area contributed by atoms with Gasteiger partial charge in [-0.2, -0.15) is 0 Å². The molecule has 10 heteroatoms. The normalized spacial score (nSPS) is 11.5. The number of nitrogens with one attached hydrogen (secondary N) is 2. The fraction of sp³-hybridized carbons (Fsp3) is 0.333. The van der Waals surface area contributed by atoms with Gasteiger partial charge in [-0.15, -0.1) is 24.0 Å². The molecule has 8 nitrogen and oxygen atoms in total. The summed E-state index contributed by atoms with van der Waals surface area (Å²) in [7, 11) is -0.343. The predicted octanol–water partition coefficient (Wildman–Crippen LogP) is 1.89. The molecule has 0 radical (unpaired) electrons. The number of halogens is 1. The number of amides is 1. The molecule has 0 fully saturated rings. The van der Waals surface area contributed by atoms with Crippen LogP contribution in [0.3, 0.4) is 0 Å². The van der Waals surface area contributed by atoms with Crippen LogP contribution in [0.5, 0.6) is 0 Å². The summed E-state index contributed by atoms with van der Waals surface area (Å²) >= 11 is 0. The van der Waals surface area contributed by atoms with E-state index in [0.29, 0.717) is 19.0 Å². The van der Waals surface area contributed by atoms with Gasteiger partial charge in [-0.05, 0) is 42.7 Å². The Morgan fingerprint density at radius 3 is 2.26 bits per heavy atom. The standard InChI is InChI=1S/C21H29N5O3S.HI/c1-15-5-8-18(16(2)11-15)13-24-21(25-14-20(27)26(3)4)23-12-17-6-9-19(10-7-17)30(22,28)29;/h5-11H,12-14H2,1-4H3,(H2,22,28,29)(H2,23,24,25);1H. The van der Waals surface area contributed by atoms with Gasteiger partial charge in [0.05, 0.1) is 18.0 Å². The number of guanidine groups is 1. The second-order valence-corrected chi connectivity index (χ2v) is 8.84. The average Bonchev–Trinajstić information content (AvgIpc) is 2.67. The highest BCUT2D eigenvalue weighted by atomic mass is 127. The highest BCUT2D eigenvalue weighted by Crippen LogP contribution is 2.11. The van der Waals surface area contributed by atoms with Crippen LogP contribution in [0.15, 0.2) is 52.4 Å². The number of rotatable bonds is 7. The maximum Gasteiger partial charge on any atom is 0.241 e. The summed E-state index contributed by atoms with van der Waals surface area (Å²) in [5, 5.41) is 11.4. The first-order valence-electron chi connectivity index (χ1n) is 9.46. The lowest BCUT2D eigenvalue weighted by Crippen LogP contribution is -2.42. The van der Waals surface area contributed by atoms with Gasteiger partial charge in [0.25, 0.3) is 0 Å². The Balaban J connectivity index is 0.00000480. The van der Waals surface area contributed by atoms with Gasteiger partial charge in [-0.3, -0.25) is 4.79 Å². The lowest BCUT2D eigenvalue weighted by atomic mass is 10.1. The molecule has 2 aromatic rings. The number of aryl methyl sites for hydroxylation is 2. The van der Waals surface area contributed by atoms with Gasteiger partial charge in [0.2, 0.25) is 15.9 Å². The average molecular weight is 559 g/mol. The molecular formula is C21H30IN5O3S. The van der Waals surface area contributed by atoms with Crippen molar-refractivity contribution in [3.8, 4) is 0 Å². The Morgan fingerprint density at radius 2 is 1.71 bits per heavy atom. The van der Waals surface area contributed by atoms with Crippen molar-refractivity contribution in [1.29, 1.82) is 0 Å². The van der Waals surface area contributed by atoms with Crippen LogP contribution < -0.4 is 15.8 Å². The fourth-order valence-corrected chi connectivity index (χ4v) is 3.19. The molecule has 0 aliphatic heterocycles. The Bertz CT molecular complexity index is 1020. The smallest absolute Gasteiger partial charge is 0.241 e. The van der Waals surface area contributed by atoms with Crippen LogP contribution in [0.2, 0.25) is 0 Å². The minimum atomic E-state index is -3.73. The van der Waals surface area contributed by atoms with Gasteiger partial charge in [-0.25, -0.2) is 18.5 Å². The van der Waals surface area contributed by atoms with E-state index in [1.807, 2.05) is 6.92 Å². The molecule has 4 N–H and O–H groups in total. The molecule has 0 aromatic heterocycles. The molecule has 2 rings (SSSR count). The maximum atomic E-state index is 11.9. The molecule has 31 heavy (non-hydrogen) atoms. The van der Waals surface area contributed by atoms with E-state index in [0.717, 1.165) is 11.1 Å². The number of sulfonamides is 1. The number of nitrogens with two attached hydrogens (primary N) is 1. The summed E-state index contributed by atoms with van der Waals surface area (Å²) in [6.45, 7) is 5.07. The Morgan fingerprint density at radius 1 is 1.06 bits per heavy atom. The number of carbonyl (C=O) groups excluding carboxylic acids is 1. The topological polar surface area (TPSA) is 117 Å². The lowest BCUT2D eigenvalue weighted by molar-refractivity contribution is -0.127. The molecule has 0 atom stereocenters. The van der Waals surface area contributed by atoms with Crippen LogP contribution in [0.4, 0.5) is 0 Å². The molecular weight excluding hydrogens is 529 g/mol. The predicted molar refractivity (Wildman–Crippen MR) is 134 cm³/mol. The first-order chi connectivity index (χ1) is 14.1. The van der Waals surface area contributed by atoms with Crippen LogP contribution in [0, 0.1) is 13.8 Å².